The Morgan fingerprint density at radius 3 is 2.87 bits per heavy atom. The Morgan fingerprint density at radius 1 is 1.27 bits per heavy atom. The molecule has 0 spiro atoms. The first-order chi connectivity index (χ1) is 7.38. The van der Waals surface area contributed by atoms with Gasteiger partial charge in [0.15, 0.2) is 0 Å². The van der Waals surface area contributed by atoms with E-state index in [1.165, 1.54) is 51.6 Å². The summed E-state index contributed by atoms with van der Waals surface area (Å²) in [6, 6.07) is 0.622. The van der Waals surface area contributed by atoms with Gasteiger partial charge in [0.1, 0.15) is 0 Å². The third kappa shape index (κ3) is 5.19. The second-order valence-electron chi connectivity index (χ2n) is 4.39. The van der Waals surface area contributed by atoms with Gasteiger partial charge < -0.3 is 4.74 Å². The van der Waals surface area contributed by atoms with Gasteiger partial charge in [-0.15, -0.1) is 11.6 Å². The third-order valence-electron chi connectivity index (χ3n) is 3.22. The van der Waals surface area contributed by atoms with E-state index >= 15 is 0 Å². The highest BCUT2D eigenvalue weighted by Gasteiger charge is 2.19. The van der Waals surface area contributed by atoms with Gasteiger partial charge in [-0.2, -0.15) is 0 Å². The maximum absolute atomic E-state index is 6.02. The number of hydrogen-bond donors (Lipinski definition) is 0. The van der Waals surface area contributed by atoms with Gasteiger partial charge in [0.25, 0.3) is 0 Å². The van der Waals surface area contributed by atoms with Crippen molar-refractivity contribution < 1.29 is 4.74 Å². The van der Waals surface area contributed by atoms with Crippen molar-refractivity contribution in [3.8, 4) is 0 Å². The van der Waals surface area contributed by atoms with Gasteiger partial charge in [-0.3, -0.25) is 4.90 Å². The van der Waals surface area contributed by atoms with Crippen molar-refractivity contribution in [1.29, 1.82) is 0 Å². The second kappa shape index (κ2) is 8.37. The van der Waals surface area contributed by atoms with Gasteiger partial charge in [0.05, 0.1) is 0 Å². The highest BCUT2D eigenvalue weighted by Crippen LogP contribution is 2.18. The molecule has 1 unspecified atom stereocenters. The summed E-state index contributed by atoms with van der Waals surface area (Å²) >= 11 is 6.02. The van der Waals surface area contributed by atoms with Crippen LogP contribution in [0.5, 0.6) is 0 Å². The molecule has 3 heteroatoms. The molecule has 0 aliphatic carbocycles. The molecule has 90 valence electrons. The molecule has 1 saturated heterocycles. The molecule has 0 saturated carbocycles. The molecule has 0 N–H and O–H groups in total. The number of alkyl halides is 1. The van der Waals surface area contributed by atoms with E-state index < -0.39 is 0 Å². The molecule has 1 atom stereocenters. The van der Waals surface area contributed by atoms with Crippen molar-refractivity contribution in [3.63, 3.8) is 0 Å². The summed E-state index contributed by atoms with van der Waals surface area (Å²) in [5.74, 6) is 0.796. The predicted octanol–water partition coefficient (Wildman–Crippen LogP) is 2.90. The lowest BCUT2D eigenvalue weighted by Gasteiger charge is -2.28. The minimum atomic E-state index is 0.622. The topological polar surface area (TPSA) is 12.5 Å². The van der Waals surface area contributed by atoms with E-state index in [2.05, 4.69) is 4.90 Å². The zero-order valence-corrected chi connectivity index (χ0v) is 10.6. The first-order valence-electron chi connectivity index (χ1n) is 6.17. The Kier molecular flexibility index (Phi) is 7.41. The molecule has 1 fully saturated rings. The fourth-order valence-corrected chi connectivity index (χ4v) is 2.62. The predicted molar refractivity (Wildman–Crippen MR) is 65.7 cm³/mol. The summed E-state index contributed by atoms with van der Waals surface area (Å²) in [7, 11) is 1.77. The monoisotopic (exact) mass is 233 g/mol. The highest BCUT2D eigenvalue weighted by atomic mass is 35.5. The van der Waals surface area contributed by atoms with Crippen LogP contribution in [0.1, 0.15) is 38.5 Å². The fraction of sp³-hybridized carbons (Fsp3) is 1.00. The molecule has 0 aromatic carbocycles. The Bertz CT molecular complexity index is 155. The molecule has 15 heavy (non-hydrogen) atoms. The van der Waals surface area contributed by atoms with E-state index in [1.807, 2.05) is 0 Å². The van der Waals surface area contributed by atoms with Crippen LogP contribution in [0.4, 0.5) is 0 Å². The van der Waals surface area contributed by atoms with Crippen LogP contribution in [-0.2, 0) is 4.74 Å². The summed E-state index contributed by atoms with van der Waals surface area (Å²) < 4.78 is 5.06. The smallest absolute Gasteiger partial charge is 0.0462 e. The van der Waals surface area contributed by atoms with Crippen molar-refractivity contribution in [2.45, 2.75) is 44.6 Å². The van der Waals surface area contributed by atoms with Crippen molar-refractivity contribution in [2.24, 2.45) is 0 Å². The zero-order chi connectivity index (χ0) is 10.9. The van der Waals surface area contributed by atoms with Crippen LogP contribution in [0.3, 0.4) is 0 Å². The number of unbranched alkanes of at least 4 members (excludes halogenated alkanes) is 1. The van der Waals surface area contributed by atoms with Crippen LogP contribution >= 0.6 is 11.6 Å². The quantitative estimate of drug-likeness (QED) is 0.517. The van der Waals surface area contributed by atoms with Crippen LogP contribution in [0.25, 0.3) is 0 Å². The van der Waals surface area contributed by atoms with E-state index in [4.69, 9.17) is 16.3 Å². The number of methoxy groups -OCH3 is 1. The van der Waals surface area contributed by atoms with Gasteiger partial charge in [-0.25, -0.2) is 0 Å². The first-order valence-corrected chi connectivity index (χ1v) is 6.71. The molecule has 0 bridgehead atoms. The third-order valence-corrected chi connectivity index (χ3v) is 3.58. The number of halogens is 1. The van der Waals surface area contributed by atoms with E-state index in [0.717, 1.165) is 12.5 Å². The molecule has 1 aliphatic rings. The normalized spacial score (nSPS) is 24.0. The Balaban J connectivity index is 2.22. The molecule has 0 radical (unpaired) electrons. The minimum absolute atomic E-state index is 0.622. The molecule has 0 amide bonds. The van der Waals surface area contributed by atoms with Crippen LogP contribution in [0.2, 0.25) is 0 Å². The van der Waals surface area contributed by atoms with Gasteiger partial charge in [0, 0.05) is 25.6 Å². The fourth-order valence-electron chi connectivity index (χ4n) is 2.27. The number of likely N-dealkylation sites (tertiary alicyclic amines) is 1. The Morgan fingerprint density at radius 2 is 2.13 bits per heavy atom. The minimum Gasteiger partial charge on any atom is -0.385 e. The van der Waals surface area contributed by atoms with Crippen molar-refractivity contribution >= 4 is 11.6 Å². The van der Waals surface area contributed by atoms with Crippen molar-refractivity contribution in [1.82, 2.24) is 4.90 Å². The lowest BCUT2D eigenvalue weighted by atomic mass is 10.1. The summed E-state index contributed by atoms with van der Waals surface area (Å²) in [5, 5.41) is 0. The summed E-state index contributed by atoms with van der Waals surface area (Å²) in [5.41, 5.74) is 0. The average molecular weight is 234 g/mol. The van der Waals surface area contributed by atoms with Crippen LogP contribution in [-0.4, -0.2) is 43.6 Å². The average Bonchev–Trinajstić information content (AvgIpc) is 2.49. The van der Waals surface area contributed by atoms with E-state index in [0.29, 0.717) is 6.04 Å². The Labute approximate surface area is 98.9 Å². The van der Waals surface area contributed by atoms with E-state index in [9.17, 15) is 0 Å². The molecule has 2 nitrogen and oxygen atoms in total. The van der Waals surface area contributed by atoms with Crippen molar-refractivity contribution in [2.75, 3.05) is 32.7 Å². The standard InChI is InChI=1S/C12H24ClNO/c1-15-10-6-5-9-14-8-4-2-3-7-12(14)11-13/h12H,2-11H2,1H3. The molecular weight excluding hydrogens is 210 g/mol. The Hall–Kier alpha value is 0.210. The summed E-state index contributed by atoms with van der Waals surface area (Å²) in [6.45, 7) is 3.32. The zero-order valence-electron chi connectivity index (χ0n) is 9.88. The largest absolute Gasteiger partial charge is 0.385 e. The molecular formula is C12H24ClNO. The maximum Gasteiger partial charge on any atom is 0.0462 e. The summed E-state index contributed by atoms with van der Waals surface area (Å²) in [4.78, 5) is 2.58. The number of nitrogens with zero attached hydrogens (tertiary/aromatic N) is 1. The molecule has 0 aromatic heterocycles. The van der Waals surface area contributed by atoms with Gasteiger partial charge >= 0.3 is 0 Å². The van der Waals surface area contributed by atoms with Gasteiger partial charge in [0.2, 0.25) is 0 Å². The lowest BCUT2D eigenvalue weighted by Crippen LogP contribution is -2.36. The molecule has 1 aliphatic heterocycles. The molecule has 1 rings (SSSR count). The maximum atomic E-state index is 6.02. The first kappa shape index (κ1) is 13.3. The van der Waals surface area contributed by atoms with Crippen molar-refractivity contribution in [3.05, 3.63) is 0 Å². The van der Waals surface area contributed by atoms with Gasteiger partial charge in [-0.1, -0.05) is 12.8 Å². The molecule has 0 aromatic rings. The number of hydrogen-bond acceptors (Lipinski definition) is 2. The second-order valence-corrected chi connectivity index (χ2v) is 4.70. The van der Waals surface area contributed by atoms with Crippen LogP contribution in [0.15, 0.2) is 0 Å². The molecule has 1 heterocycles. The van der Waals surface area contributed by atoms with Crippen LogP contribution < -0.4 is 0 Å². The van der Waals surface area contributed by atoms with E-state index in [1.54, 1.807) is 7.11 Å². The summed E-state index contributed by atoms with van der Waals surface area (Å²) in [6.07, 6.45) is 7.77. The van der Waals surface area contributed by atoms with Gasteiger partial charge in [-0.05, 0) is 38.8 Å². The van der Waals surface area contributed by atoms with Crippen LogP contribution in [0, 0.1) is 0 Å². The highest BCUT2D eigenvalue weighted by molar-refractivity contribution is 6.18. The SMILES string of the molecule is COCCCCN1CCCCCC1CCl. The number of rotatable bonds is 6. The number of ether oxygens (including phenoxy) is 1. The lowest BCUT2D eigenvalue weighted by molar-refractivity contribution is 0.173. The van der Waals surface area contributed by atoms with E-state index in [-0.39, 0.29) is 0 Å².